The van der Waals surface area contributed by atoms with Crippen molar-refractivity contribution in [1.82, 2.24) is 25.2 Å². The highest BCUT2D eigenvalue weighted by atomic mass is 35.5. The number of aromatic nitrogens is 3. The van der Waals surface area contributed by atoms with Gasteiger partial charge >= 0.3 is 6.09 Å². The number of hydrogen-bond acceptors (Lipinski definition) is 7. The first kappa shape index (κ1) is 26.3. The Balaban J connectivity index is 1.35. The third-order valence-electron chi connectivity index (χ3n) is 6.26. The summed E-state index contributed by atoms with van der Waals surface area (Å²) in [6, 6.07) is 0.340. The maximum Gasteiger partial charge on any atom is 0.410 e. The molecule has 1 amide bonds. The number of amides is 1. The summed E-state index contributed by atoms with van der Waals surface area (Å²) < 4.78 is 20.0. The number of aromatic amines is 1. The molecule has 0 aromatic carbocycles. The van der Waals surface area contributed by atoms with Crippen LogP contribution in [-0.4, -0.2) is 75.7 Å². The first-order valence-corrected chi connectivity index (χ1v) is 12.9. The molecule has 0 radical (unpaired) electrons. The maximum atomic E-state index is 14.6. The molecule has 3 heterocycles. The molecule has 2 aliphatic rings. The number of likely N-dealkylation sites (N-methyl/N-ethyl adjacent to an activating group) is 1. The van der Waals surface area contributed by atoms with E-state index >= 15 is 0 Å². The SMILES string of the molecule is CN(CCNC1CCCC(Nc2nc(-c3c[nH]c4c3=CC(Cl)CN=4)ncc2F)C1)C(=O)OC(C)(C)C. The van der Waals surface area contributed by atoms with E-state index in [0.717, 1.165) is 42.0 Å². The Bertz CT molecular complexity index is 1200. The predicted octanol–water partition coefficient (Wildman–Crippen LogP) is 2.81. The molecule has 9 nitrogen and oxygen atoms in total. The number of nitrogens with zero attached hydrogens (tertiary/aromatic N) is 4. The van der Waals surface area contributed by atoms with Crippen LogP contribution >= 0.6 is 11.6 Å². The van der Waals surface area contributed by atoms with Crippen molar-refractivity contribution >= 4 is 29.6 Å². The average Bonchev–Trinajstić information content (AvgIpc) is 3.22. The zero-order valence-electron chi connectivity index (χ0n) is 21.3. The summed E-state index contributed by atoms with van der Waals surface area (Å²) in [5.74, 6) is 0.130. The van der Waals surface area contributed by atoms with Gasteiger partial charge in [0, 0.05) is 49.2 Å². The number of hydrogen-bond donors (Lipinski definition) is 3. The smallest absolute Gasteiger partial charge is 0.410 e. The topological polar surface area (TPSA) is 108 Å². The van der Waals surface area contributed by atoms with Crippen LogP contribution in [0.25, 0.3) is 17.5 Å². The van der Waals surface area contributed by atoms with Gasteiger partial charge in [-0.1, -0.05) is 6.08 Å². The van der Waals surface area contributed by atoms with Gasteiger partial charge in [-0.15, -0.1) is 11.6 Å². The van der Waals surface area contributed by atoms with Crippen molar-refractivity contribution in [2.24, 2.45) is 4.99 Å². The Morgan fingerprint density at radius 2 is 2.11 bits per heavy atom. The number of carbonyl (C=O) groups excluding carboxylic acids is 1. The normalized spacial score (nSPS) is 21.7. The Labute approximate surface area is 215 Å². The highest BCUT2D eigenvalue weighted by molar-refractivity contribution is 6.24. The number of halogens is 2. The molecule has 2 aromatic rings. The minimum absolute atomic E-state index is 0.0750. The van der Waals surface area contributed by atoms with Gasteiger partial charge in [0.2, 0.25) is 0 Å². The van der Waals surface area contributed by atoms with Gasteiger partial charge in [0.15, 0.2) is 17.5 Å². The Hall–Kier alpha value is -2.72. The second-order valence-electron chi connectivity index (χ2n) is 10.4. The summed E-state index contributed by atoms with van der Waals surface area (Å²) in [5, 5.41) is 7.47. The van der Waals surface area contributed by atoms with E-state index in [0.29, 0.717) is 25.5 Å². The van der Waals surface area contributed by atoms with Gasteiger partial charge in [-0.3, -0.25) is 4.99 Å². The van der Waals surface area contributed by atoms with E-state index in [2.05, 4.69) is 30.6 Å². The molecule has 1 fully saturated rings. The molecular weight excluding hydrogens is 485 g/mol. The number of fused-ring (bicyclic) bond motifs is 1. The summed E-state index contributed by atoms with van der Waals surface area (Å²) in [6.45, 7) is 7.27. The van der Waals surface area contributed by atoms with Gasteiger partial charge in [-0.2, -0.15) is 0 Å². The van der Waals surface area contributed by atoms with Crippen molar-refractivity contribution in [2.45, 2.75) is 69.5 Å². The predicted molar refractivity (Wildman–Crippen MR) is 138 cm³/mol. The van der Waals surface area contributed by atoms with Gasteiger partial charge in [0.25, 0.3) is 0 Å². The molecule has 11 heteroatoms. The molecule has 2 aromatic heterocycles. The first-order valence-electron chi connectivity index (χ1n) is 12.4. The molecule has 3 N–H and O–H groups in total. The van der Waals surface area contributed by atoms with Gasteiger partial charge in [-0.25, -0.2) is 19.2 Å². The molecule has 0 saturated heterocycles. The molecule has 4 rings (SSSR count). The van der Waals surface area contributed by atoms with Gasteiger partial charge < -0.3 is 25.3 Å². The van der Waals surface area contributed by atoms with E-state index in [4.69, 9.17) is 16.3 Å². The van der Waals surface area contributed by atoms with Crippen molar-refractivity contribution < 1.29 is 13.9 Å². The quantitative estimate of drug-likeness (QED) is 0.486. The summed E-state index contributed by atoms with van der Waals surface area (Å²) >= 11 is 6.25. The van der Waals surface area contributed by atoms with E-state index in [1.165, 1.54) is 6.20 Å². The fourth-order valence-electron chi connectivity index (χ4n) is 4.49. The Morgan fingerprint density at radius 1 is 1.33 bits per heavy atom. The van der Waals surface area contributed by atoms with Crippen molar-refractivity contribution in [1.29, 1.82) is 0 Å². The summed E-state index contributed by atoms with van der Waals surface area (Å²) in [5.41, 5.74) is 0.972. The third kappa shape index (κ3) is 6.73. The van der Waals surface area contributed by atoms with Crippen LogP contribution in [0.5, 0.6) is 0 Å². The van der Waals surface area contributed by atoms with E-state index in [9.17, 15) is 9.18 Å². The number of H-pyrrole nitrogens is 1. The molecule has 36 heavy (non-hydrogen) atoms. The number of anilines is 1. The van der Waals surface area contributed by atoms with Crippen LogP contribution in [0.3, 0.4) is 0 Å². The van der Waals surface area contributed by atoms with Crippen LogP contribution in [0.4, 0.5) is 15.0 Å². The van der Waals surface area contributed by atoms with Gasteiger partial charge in [0.1, 0.15) is 11.1 Å². The minimum Gasteiger partial charge on any atom is -0.444 e. The Kier molecular flexibility index (Phi) is 8.14. The van der Waals surface area contributed by atoms with Crippen LogP contribution in [0.15, 0.2) is 17.4 Å². The van der Waals surface area contributed by atoms with Crippen LogP contribution < -0.4 is 21.3 Å². The maximum absolute atomic E-state index is 14.6. The summed E-state index contributed by atoms with van der Waals surface area (Å²) in [7, 11) is 1.73. The highest BCUT2D eigenvalue weighted by Gasteiger charge is 2.24. The molecule has 1 saturated carbocycles. The standard InChI is InChI=1S/C25H35ClFN7O2/c1-25(2,3)36-24(35)34(4)9-8-28-16-6-5-7-17(11-16)32-23-20(27)14-31-22(33-23)19-13-30-21-18(19)10-15(26)12-29-21/h10,13-17,28H,5-9,11-12H2,1-4H3,(H,29,30)(H,31,32,33). The third-order valence-corrected chi connectivity index (χ3v) is 6.52. The number of ether oxygens (including phenoxy) is 1. The van der Waals surface area contributed by atoms with Crippen LogP contribution in [0, 0.1) is 5.82 Å². The van der Waals surface area contributed by atoms with Crippen LogP contribution in [0.1, 0.15) is 46.5 Å². The largest absolute Gasteiger partial charge is 0.444 e. The van der Waals surface area contributed by atoms with E-state index < -0.39 is 11.4 Å². The zero-order valence-corrected chi connectivity index (χ0v) is 22.0. The zero-order chi connectivity index (χ0) is 25.9. The van der Waals surface area contributed by atoms with Crippen LogP contribution in [-0.2, 0) is 4.74 Å². The number of rotatable bonds is 7. The lowest BCUT2D eigenvalue weighted by Gasteiger charge is -2.31. The van der Waals surface area contributed by atoms with Gasteiger partial charge in [0.05, 0.1) is 18.1 Å². The van der Waals surface area contributed by atoms with Crippen molar-refractivity contribution in [3.05, 3.63) is 28.9 Å². The molecular formula is C25H35ClFN7O2. The second kappa shape index (κ2) is 11.1. The Morgan fingerprint density at radius 3 is 2.89 bits per heavy atom. The fourth-order valence-corrected chi connectivity index (χ4v) is 4.68. The van der Waals surface area contributed by atoms with E-state index in [1.807, 2.05) is 26.8 Å². The molecule has 0 spiro atoms. The van der Waals surface area contributed by atoms with E-state index in [1.54, 1.807) is 18.1 Å². The number of alkyl halides is 1. The minimum atomic E-state index is -0.516. The van der Waals surface area contributed by atoms with E-state index in [-0.39, 0.29) is 29.4 Å². The van der Waals surface area contributed by atoms with Crippen molar-refractivity contribution in [3.63, 3.8) is 0 Å². The number of carbonyl (C=O) groups is 1. The van der Waals surface area contributed by atoms with Crippen molar-refractivity contribution in [2.75, 3.05) is 32.0 Å². The fraction of sp³-hybridized carbons (Fsp3) is 0.600. The molecule has 3 unspecified atom stereocenters. The molecule has 196 valence electrons. The molecule has 1 aliphatic carbocycles. The average molecular weight is 520 g/mol. The first-order chi connectivity index (χ1) is 17.1. The second-order valence-corrected chi connectivity index (χ2v) is 11.0. The number of nitrogens with one attached hydrogen (secondary N) is 3. The monoisotopic (exact) mass is 519 g/mol. The molecule has 1 aliphatic heterocycles. The summed E-state index contributed by atoms with van der Waals surface area (Å²) in [4.78, 5) is 30.0. The molecule has 3 atom stereocenters. The summed E-state index contributed by atoms with van der Waals surface area (Å²) in [6.07, 6.45) is 8.37. The van der Waals surface area contributed by atoms with Gasteiger partial charge in [-0.05, 0) is 46.5 Å². The lowest BCUT2D eigenvalue weighted by Crippen LogP contribution is -2.43. The van der Waals surface area contributed by atoms with Crippen molar-refractivity contribution in [3.8, 4) is 11.4 Å². The molecule has 0 bridgehead atoms. The van der Waals surface area contributed by atoms with Crippen LogP contribution in [0.2, 0.25) is 0 Å². The lowest BCUT2D eigenvalue weighted by molar-refractivity contribution is 0.0299. The lowest BCUT2D eigenvalue weighted by atomic mass is 9.91. The highest BCUT2D eigenvalue weighted by Crippen LogP contribution is 2.24.